The van der Waals surface area contributed by atoms with Crippen molar-refractivity contribution in [1.82, 2.24) is 4.90 Å². The van der Waals surface area contributed by atoms with Gasteiger partial charge in [0.05, 0.1) is 31.5 Å². The summed E-state index contributed by atoms with van der Waals surface area (Å²) in [4.78, 5) is 26.8. The number of esters is 1. The third-order valence-electron chi connectivity index (χ3n) is 16.1. The van der Waals surface area contributed by atoms with Crippen molar-refractivity contribution in [2.24, 2.45) is 62.6 Å². The normalized spacial score (nSPS) is 48.9. The fourth-order valence-electron chi connectivity index (χ4n) is 14.1. The van der Waals surface area contributed by atoms with Gasteiger partial charge in [-0.2, -0.15) is 0 Å². The summed E-state index contributed by atoms with van der Waals surface area (Å²) < 4.78 is 25.9. The van der Waals surface area contributed by atoms with Gasteiger partial charge in [0.15, 0.2) is 6.29 Å². The molecule has 5 saturated carbocycles. The van der Waals surface area contributed by atoms with Crippen LogP contribution in [-0.4, -0.2) is 67.2 Å². The third-order valence-corrected chi connectivity index (χ3v) is 16.1. The SMILES string of the molecule is CC(=O)O[C@H](C(C)C)C1C[C@@H](C)C2C(C[C@@]3(C)C4CCC5C(C)(C)C(OC6CN(C(=O)C(C)C)CCO6)CCC56CC46CCC23C)O1. The molecule has 2 aliphatic heterocycles. The van der Waals surface area contributed by atoms with E-state index in [9.17, 15) is 9.59 Å². The lowest BCUT2D eigenvalue weighted by atomic mass is 9.41. The summed E-state index contributed by atoms with van der Waals surface area (Å²) in [5.41, 5.74) is 1.48. The van der Waals surface area contributed by atoms with Gasteiger partial charge < -0.3 is 23.8 Å². The highest BCUT2D eigenvalue weighted by Crippen LogP contribution is 2.89. The summed E-state index contributed by atoms with van der Waals surface area (Å²) in [7, 11) is 0. The molecular formula is C40H65NO6. The summed E-state index contributed by atoms with van der Waals surface area (Å²) in [5.74, 6) is 2.76. The molecule has 2 heterocycles. The second-order valence-electron chi connectivity index (χ2n) is 19.2. The van der Waals surface area contributed by atoms with E-state index in [-0.39, 0.29) is 70.7 Å². The Kier molecular flexibility index (Phi) is 8.33. The van der Waals surface area contributed by atoms with Crippen LogP contribution >= 0.6 is 0 Å². The molecule has 5 aliphatic carbocycles. The van der Waals surface area contributed by atoms with Crippen molar-refractivity contribution in [2.75, 3.05) is 19.7 Å². The highest BCUT2D eigenvalue weighted by Gasteiger charge is 2.83. The maximum absolute atomic E-state index is 12.8. The molecule has 0 aromatic rings. The molecule has 0 bridgehead atoms. The largest absolute Gasteiger partial charge is 0.460 e. The molecule has 2 saturated heterocycles. The Morgan fingerprint density at radius 3 is 2.30 bits per heavy atom. The predicted octanol–water partition coefficient (Wildman–Crippen LogP) is 7.64. The van der Waals surface area contributed by atoms with Gasteiger partial charge in [0.25, 0.3) is 0 Å². The zero-order valence-corrected chi connectivity index (χ0v) is 31.2. The van der Waals surface area contributed by atoms with Crippen LogP contribution in [0.15, 0.2) is 0 Å². The van der Waals surface area contributed by atoms with E-state index < -0.39 is 0 Å². The molecule has 266 valence electrons. The summed E-state index contributed by atoms with van der Waals surface area (Å²) in [6.07, 6.45) is 11.0. The van der Waals surface area contributed by atoms with Crippen molar-refractivity contribution >= 4 is 11.9 Å². The lowest BCUT2D eigenvalue weighted by Gasteiger charge is -2.63. The number of rotatable bonds is 6. The van der Waals surface area contributed by atoms with E-state index in [2.05, 4.69) is 48.5 Å². The maximum atomic E-state index is 12.8. The van der Waals surface area contributed by atoms with Gasteiger partial charge in [-0.25, -0.2) is 0 Å². The summed E-state index contributed by atoms with van der Waals surface area (Å²) >= 11 is 0. The molecule has 0 aromatic heterocycles. The lowest BCUT2D eigenvalue weighted by Crippen LogP contribution is -2.59. The molecular weight excluding hydrogens is 590 g/mol. The van der Waals surface area contributed by atoms with Crippen LogP contribution in [0.3, 0.4) is 0 Å². The van der Waals surface area contributed by atoms with Crippen molar-refractivity contribution in [1.29, 1.82) is 0 Å². The standard InChI is InChI=1S/C40H65NO6/c1-23(2)34(45-26(6)42)27-19-25(5)33-28(46-27)20-38(10)30-12-11-29-36(7,8)31(47-32-21-41(17-18-44-32)35(43)24(3)4)13-14-39(29)22-40(30,39)16-15-37(33,38)9/h23-25,27-34H,11-22H2,1-10H3/t25-,27?,28?,29?,30?,31?,32?,33?,34-,37?,38+,39?,40?/m1/s1. The van der Waals surface area contributed by atoms with Gasteiger partial charge in [-0.05, 0) is 114 Å². The number of nitrogens with zero attached hydrogens (tertiary/aromatic N) is 1. The zero-order valence-electron chi connectivity index (χ0n) is 31.2. The van der Waals surface area contributed by atoms with Gasteiger partial charge in [-0.15, -0.1) is 0 Å². The Morgan fingerprint density at radius 1 is 0.915 bits per heavy atom. The molecule has 0 N–H and O–H groups in total. The van der Waals surface area contributed by atoms with Crippen molar-refractivity contribution in [2.45, 2.75) is 158 Å². The molecule has 7 aliphatic rings. The third kappa shape index (κ3) is 4.88. The molecule has 10 unspecified atom stereocenters. The molecule has 47 heavy (non-hydrogen) atoms. The van der Waals surface area contributed by atoms with E-state index in [1.807, 2.05) is 18.7 Å². The quantitative estimate of drug-likeness (QED) is 0.274. The van der Waals surface area contributed by atoms with E-state index in [0.29, 0.717) is 48.3 Å². The minimum absolute atomic E-state index is 0.00194. The molecule has 0 radical (unpaired) electrons. The number of morpholine rings is 1. The first-order valence-electron chi connectivity index (χ1n) is 19.4. The number of ether oxygens (including phenoxy) is 4. The predicted molar refractivity (Wildman–Crippen MR) is 181 cm³/mol. The minimum Gasteiger partial charge on any atom is -0.460 e. The maximum Gasteiger partial charge on any atom is 0.303 e. The summed E-state index contributed by atoms with van der Waals surface area (Å²) in [5, 5.41) is 0. The average molecular weight is 656 g/mol. The van der Waals surface area contributed by atoms with Gasteiger partial charge in [0, 0.05) is 19.4 Å². The van der Waals surface area contributed by atoms with Crippen LogP contribution in [0.2, 0.25) is 0 Å². The number of hydrogen-bond donors (Lipinski definition) is 0. The van der Waals surface area contributed by atoms with Crippen LogP contribution < -0.4 is 0 Å². The van der Waals surface area contributed by atoms with Crippen molar-refractivity contribution in [3.8, 4) is 0 Å². The van der Waals surface area contributed by atoms with E-state index in [1.54, 1.807) is 0 Å². The van der Waals surface area contributed by atoms with Crippen LogP contribution in [0.5, 0.6) is 0 Å². The van der Waals surface area contributed by atoms with Crippen LogP contribution in [0.25, 0.3) is 0 Å². The first-order valence-corrected chi connectivity index (χ1v) is 19.4. The molecule has 7 rings (SSSR count). The first kappa shape index (κ1) is 34.3. The van der Waals surface area contributed by atoms with Crippen molar-refractivity contribution < 1.29 is 28.5 Å². The Balaban J connectivity index is 1.09. The van der Waals surface area contributed by atoms with Crippen molar-refractivity contribution in [3.05, 3.63) is 0 Å². The van der Waals surface area contributed by atoms with Gasteiger partial charge in [-0.3, -0.25) is 9.59 Å². The number of hydrogen-bond acceptors (Lipinski definition) is 6. The van der Waals surface area contributed by atoms with Gasteiger partial charge in [0.1, 0.15) is 6.10 Å². The zero-order chi connectivity index (χ0) is 33.9. The Morgan fingerprint density at radius 2 is 1.62 bits per heavy atom. The number of fused-ring (bicyclic) bond motifs is 4. The lowest BCUT2D eigenvalue weighted by molar-refractivity contribution is -0.246. The van der Waals surface area contributed by atoms with Crippen LogP contribution in [-0.2, 0) is 28.5 Å². The highest BCUT2D eigenvalue weighted by atomic mass is 16.7. The van der Waals surface area contributed by atoms with Crippen LogP contribution in [0, 0.1) is 62.6 Å². The van der Waals surface area contributed by atoms with E-state index in [4.69, 9.17) is 18.9 Å². The van der Waals surface area contributed by atoms with E-state index in [0.717, 1.165) is 25.2 Å². The van der Waals surface area contributed by atoms with Crippen LogP contribution in [0.1, 0.15) is 127 Å². The second-order valence-corrected chi connectivity index (χ2v) is 19.2. The molecule has 13 atom stereocenters. The van der Waals surface area contributed by atoms with Crippen molar-refractivity contribution in [3.63, 3.8) is 0 Å². The Labute approximate surface area is 284 Å². The minimum atomic E-state index is -0.327. The topological polar surface area (TPSA) is 74.3 Å². The second kappa shape index (κ2) is 11.4. The smallest absolute Gasteiger partial charge is 0.303 e. The highest BCUT2D eigenvalue weighted by molar-refractivity contribution is 5.78. The first-order chi connectivity index (χ1) is 22.0. The molecule has 7 heteroatoms. The molecule has 7 nitrogen and oxygen atoms in total. The van der Waals surface area contributed by atoms with Gasteiger partial charge in [0.2, 0.25) is 5.91 Å². The number of carbonyl (C=O) groups excluding carboxylic acids is 2. The number of amides is 1. The molecule has 1 amide bonds. The fraction of sp³-hybridized carbons (Fsp3) is 0.950. The van der Waals surface area contributed by atoms with Gasteiger partial charge in [-0.1, -0.05) is 62.3 Å². The van der Waals surface area contributed by atoms with Crippen LogP contribution in [0.4, 0.5) is 0 Å². The summed E-state index contributed by atoms with van der Waals surface area (Å²) in [6, 6.07) is 0. The monoisotopic (exact) mass is 655 g/mol. The molecule has 0 aromatic carbocycles. The number of carbonyl (C=O) groups is 2. The van der Waals surface area contributed by atoms with E-state index in [1.165, 1.54) is 45.4 Å². The Bertz CT molecular complexity index is 1250. The van der Waals surface area contributed by atoms with Gasteiger partial charge >= 0.3 is 5.97 Å². The van der Waals surface area contributed by atoms with E-state index >= 15 is 0 Å². The molecule has 2 spiro atoms. The fourth-order valence-corrected chi connectivity index (χ4v) is 14.1. The molecule has 7 fully saturated rings. The average Bonchev–Trinajstić information content (AvgIpc) is 3.59. The summed E-state index contributed by atoms with van der Waals surface area (Å²) in [6.45, 7) is 24.3. The Hall–Kier alpha value is -1.18.